The van der Waals surface area contributed by atoms with Crippen molar-refractivity contribution in [2.24, 2.45) is 0 Å². The van der Waals surface area contributed by atoms with Crippen LogP contribution in [0.2, 0.25) is 0 Å². The fourth-order valence-electron chi connectivity index (χ4n) is 4.82. The fraction of sp³-hybridized carbons (Fsp3) is 0.211. The van der Waals surface area contributed by atoms with E-state index in [2.05, 4.69) is 9.97 Å². The van der Waals surface area contributed by atoms with Crippen molar-refractivity contribution in [2.75, 3.05) is 23.9 Å². The van der Waals surface area contributed by atoms with Gasteiger partial charge in [0.15, 0.2) is 0 Å². The Labute approximate surface area is 277 Å². The quantitative estimate of drug-likeness (QED) is 0.194. The maximum Gasteiger partial charge on any atom is 0.309 e. The summed E-state index contributed by atoms with van der Waals surface area (Å²) in [4.78, 5) is 39.3. The molecular weight excluding hydrogens is 587 g/mol. The highest BCUT2D eigenvalue weighted by Crippen LogP contribution is 2.27. The van der Waals surface area contributed by atoms with E-state index in [1.54, 1.807) is 74.4 Å². The van der Waals surface area contributed by atoms with Gasteiger partial charge in [0.1, 0.15) is 0 Å². The van der Waals surface area contributed by atoms with Crippen LogP contribution in [0, 0.1) is 0 Å². The van der Waals surface area contributed by atoms with E-state index in [4.69, 9.17) is 4.65 Å². The van der Waals surface area contributed by atoms with E-state index in [0.717, 1.165) is 28.0 Å². The molecule has 0 aliphatic carbocycles. The van der Waals surface area contributed by atoms with Gasteiger partial charge in [0, 0.05) is 60.1 Å². The van der Waals surface area contributed by atoms with Crippen molar-refractivity contribution >= 4 is 36.1 Å². The zero-order valence-corrected chi connectivity index (χ0v) is 27.6. The minimum atomic E-state index is -1.10. The molecule has 2 amide bonds. The molecule has 1 N–H and O–H groups in total. The van der Waals surface area contributed by atoms with Crippen LogP contribution < -0.4 is 15.3 Å². The zero-order valence-electron chi connectivity index (χ0n) is 27.6. The van der Waals surface area contributed by atoms with Crippen LogP contribution in [0.4, 0.5) is 11.4 Å². The van der Waals surface area contributed by atoms with Crippen molar-refractivity contribution in [3.8, 4) is 22.5 Å². The van der Waals surface area contributed by atoms with Crippen molar-refractivity contribution < 1.29 is 19.3 Å². The van der Waals surface area contributed by atoms with Gasteiger partial charge in [-0.25, -0.2) is 0 Å². The first-order chi connectivity index (χ1) is 22.3. The van der Waals surface area contributed by atoms with Gasteiger partial charge in [0.05, 0.1) is 22.6 Å². The van der Waals surface area contributed by atoms with Crippen LogP contribution in [0.15, 0.2) is 116 Å². The van der Waals surface area contributed by atoms with Crippen LogP contribution in [0.1, 0.15) is 48.4 Å². The first-order valence-corrected chi connectivity index (χ1v) is 15.4. The number of nitrogens with zero attached hydrogens (tertiary/aromatic N) is 4. The third-order valence-electron chi connectivity index (χ3n) is 8.60. The average Bonchev–Trinajstić information content (AvgIpc) is 3.09. The normalized spacial score (nSPS) is 11.6. The van der Waals surface area contributed by atoms with Gasteiger partial charge in [-0.3, -0.25) is 19.6 Å². The molecule has 0 aliphatic heterocycles. The second-order valence-electron chi connectivity index (χ2n) is 12.5. The number of aliphatic hydroxyl groups is 1. The summed E-state index contributed by atoms with van der Waals surface area (Å²) >= 11 is 0. The lowest BCUT2D eigenvalue weighted by atomic mass is 9.82. The molecule has 9 heteroatoms. The van der Waals surface area contributed by atoms with Crippen molar-refractivity contribution in [3.63, 3.8) is 0 Å². The molecule has 0 saturated carbocycles. The van der Waals surface area contributed by atoms with Crippen LogP contribution in [0.3, 0.4) is 0 Å². The van der Waals surface area contributed by atoms with Crippen molar-refractivity contribution in [3.05, 3.63) is 127 Å². The van der Waals surface area contributed by atoms with E-state index in [1.807, 2.05) is 92.7 Å². The lowest BCUT2D eigenvalue weighted by Crippen LogP contribution is -2.49. The maximum atomic E-state index is 13.7. The predicted molar refractivity (Wildman–Crippen MR) is 189 cm³/mol. The van der Waals surface area contributed by atoms with Gasteiger partial charge >= 0.3 is 7.48 Å². The van der Waals surface area contributed by atoms with E-state index in [-0.39, 0.29) is 19.3 Å². The predicted octanol–water partition coefficient (Wildman–Crippen LogP) is 5.91. The van der Waals surface area contributed by atoms with Crippen molar-refractivity contribution in [1.29, 1.82) is 0 Å². The molecule has 0 bridgehead atoms. The SMILES string of the molecule is CN(C(=O)c1ccc(-c2ccccn2)cc1)c1cc(BOC(C)(C)C(C)(C)O)cc(N(C)C(=O)c2ccc(-c3ccccn3)cc2)c1. The van der Waals surface area contributed by atoms with Crippen LogP contribution in [0.25, 0.3) is 22.5 Å². The van der Waals surface area contributed by atoms with Gasteiger partial charge in [-0.15, -0.1) is 0 Å². The summed E-state index contributed by atoms with van der Waals surface area (Å²) in [5.41, 5.74) is 4.44. The van der Waals surface area contributed by atoms with E-state index in [0.29, 0.717) is 22.5 Å². The topological polar surface area (TPSA) is 95.9 Å². The second-order valence-corrected chi connectivity index (χ2v) is 12.5. The molecule has 0 radical (unpaired) electrons. The Morgan fingerprint density at radius 1 is 0.660 bits per heavy atom. The highest BCUT2D eigenvalue weighted by Gasteiger charge is 2.35. The number of carbonyl (C=O) groups excluding carboxylic acids is 2. The zero-order chi connectivity index (χ0) is 33.8. The van der Waals surface area contributed by atoms with Gasteiger partial charge < -0.3 is 19.6 Å². The van der Waals surface area contributed by atoms with Crippen LogP contribution >= 0.6 is 0 Å². The highest BCUT2D eigenvalue weighted by molar-refractivity contribution is 6.47. The van der Waals surface area contributed by atoms with E-state index in [9.17, 15) is 14.7 Å². The molecule has 0 aliphatic rings. The number of rotatable bonds is 10. The number of carbonyl (C=O) groups is 2. The molecule has 3 aromatic carbocycles. The Morgan fingerprint density at radius 2 is 1.09 bits per heavy atom. The molecule has 8 nitrogen and oxygen atoms in total. The van der Waals surface area contributed by atoms with Gasteiger partial charge in [-0.1, -0.05) is 36.4 Å². The molecular formula is C38H39BN4O4. The van der Waals surface area contributed by atoms with Crippen LogP contribution in [-0.2, 0) is 4.65 Å². The van der Waals surface area contributed by atoms with Crippen LogP contribution in [0.5, 0.6) is 0 Å². The minimum absolute atomic E-state index is 0.152. The van der Waals surface area contributed by atoms with Gasteiger partial charge in [-0.05, 0) is 99.9 Å². The molecule has 5 aromatic rings. The third kappa shape index (κ3) is 7.65. The Hall–Kier alpha value is -5.12. The first kappa shape index (κ1) is 33.3. The smallest absolute Gasteiger partial charge is 0.309 e. The second kappa shape index (κ2) is 13.7. The molecule has 0 spiro atoms. The first-order valence-electron chi connectivity index (χ1n) is 15.4. The fourth-order valence-corrected chi connectivity index (χ4v) is 4.82. The van der Waals surface area contributed by atoms with E-state index >= 15 is 0 Å². The number of pyridine rings is 2. The van der Waals surface area contributed by atoms with Gasteiger partial charge in [0.2, 0.25) is 0 Å². The summed E-state index contributed by atoms with van der Waals surface area (Å²) in [6.07, 6.45) is 3.47. The van der Waals surface area contributed by atoms with Gasteiger partial charge in [0.25, 0.3) is 11.8 Å². The Morgan fingerprint density at radius 3 is 1.45 bits per heavy atom. The van der Waals surface area contributed by atoms with Gasteiger partial charge in [-0.2, -0.15) is 0 Å². The van der Waals surface area contributed by atoms with E-state index in [1.165, 1.54) is 0 Å². The molecule has 0 unspecified atom stereocenters. The summed E-state index contributed by atoms with van der Waals surface area (Å²) in [6, 6.07) is 31.6. The largest absolute Gasteiger partial charge is 0.427 e. The molecule has 2 aromatic heterocycles. The number of benzene rings is 3. The Kier molecular flexibility index (Phi) is 9.70. The summed E-state index contributed by atoms with van der Waals surface area (Å²) in [5.74, 6) is -0.421. The number of anilines is 2. The summed E-state index contributed by atoms with van der Waals surface area (Å²) in [7, 11) is 3.56. The standard InChI is InChI=1S/C38H39BN4O4/c1-37(2,46)38(3,4)47-39-30-23-31(42(5)35(44)28-17-13-26(14-18-28)33-11-7-9-21-40-33)25-32(24-30)43(6)36(45)29-19-15-27(16-20-29)34-12-8-10-22-41-34/h7-25,39,46H,1-6H3. The molecule has 2 heterocycles. The maximum absolute atomic E-state index is 13.7. The number of amides is 2. The van der Waals surface area contributed by atoms with Crippen molar-refractivity contribution in [2.45, 2.75) is 38.9 Å². The van der Waals surface area contributed by atoms with Crippen molar-refractivity contribution in [1.82, 2.24) is 9.97 Å². The summed E-state index contributed by atoms with van der Waals surface area (Å²) < 4.78 is 6.18. The number of hydrogen-bond donors (Lipinski definition) is 1. The number of aromatic nitrogens is 2. The third-order valence-corrected chi connectivity index (χ3v) is 8.60. The molecule has 0 saturated heterocycles. The molecule has 0 fully saturated rings. The van der Waals surface area contributed by atoms with E-state index < -0.39 is 11.2 Å². The monoisotopic (exact) mass is 626 g/mol. The highest BCUT2D eigenvalue weighted by atomic mass is 16.5. The Bertz CT molecular complexity index is 1720. The lowest BCUT2D eigenvalue weighted by Gasteiger charge is -2.37. The molecule has 0 atom stereocenters. The Balaban J connectivity index is 1.43. The summed E-state index contributed by atoms with van der Waals surface area (Å²) in [5, 5.41) is 10.7. The van der Waals surface area contributed by atoms with Crippen LogP contribution in [-0.4, -0.2) is 59.7 Å². The molecule has 238 valence electrons. The minimum Gasteiger partial charge on any atom is -0.427 e. The molecule has 5 rings (SSSR count). The number of hydrogen-bond acceptors (Lipinski definition) is 6. The lowest BCUT2D eigenvalue weighted by molar-refractivity contribution is -0.0893. The average molecular weight is 627 g/mol. The summed E-state index contributed by atoms with van der Waals surface area (Å²) in [6.45, 7) is 7.05. The molecule has 47 heavy (non-hydrogen) atoms.